The van der Waals surface area contributed by atoms with Crippen molar-refractivity contribution in [2.45, 2.75) is 13.3 Å². The normalized spacial score (nSPS) is 11.2. The minimum Gasteiger partial charge on any atom is -0.309 e. The highest BCUT2D eigenvalue weighted by Crippen LogP contribution is 2.32. The van der Waals surface area contributed by atoms with Crippen molar-refractivity contribution in [2.75, 3.05) is 20.6 Å². The van der Waals surface area contributed by atoms with Gasteiger partial charge in [0.2, 0.25) is 0 Å². The summed E-state index contributed by atoms with van der Waals surface area (Å²) in [5, 5.41) is 1.21. The van der Waals surface area contributed by atoms with Gasteiger partial charge < -0.3 is 4.90 Å². The van der Waals surface area contributed by atoms with Gasteiger partial charge in [-0.2, -0.15) is 0 Å². The number of rotatable bonds is 4. The highest BCUT2D eigenvalue weighted by Gasteiger charge is 2.12. The van der Waals surface area contributed by atoms with Crippen molar-refractivity contribution in [3.63, 3.8) is 0 Å². The van der Waals surface area contributed by atoms with Crippen LogP contribution in [0.3, 0.4) is 0 Å². The van der Waals surface area contributed by atoms with Crippen molar-refractivity contribution in [3.05, 3.63) is 38.6 Å². The minimum absolute atomic E-state index is 1.02. The molecule has 0 atom stereocenters. The molecule has 0 radical (unpaired) electrons. The molecular formula is C14H17BrN2S. The molecule has 2 aromatic rings. The number of aromatic nitrogens is 1. The highest BCUT2D eigenvalue weighted by molar-refractivity contribution is 9.10. The van der Waals surface area contributed by atoms with Crippen LogP contribution in [0.5, 0.6) is 0 Å². The first kappa shape index (κ1) is 13.7. The average Bonchev–Trinajstić information content (AvgIpc) is 2.69. The molecule has 1 heterocycles. The van der Waals surface area contributed by atoms with Crippen molar-refractivity contribution >= 4 is 27.3 Å². The van der Waals surface area contributed by atoms with Gasteiger partial charge in [-0.3, -0.25) is 0 Å². The summed E-state index contributed by atoms with van der Waals surface area (Å²) in [6, 6.07) is 8.26. The van der Waals surface area contributed by atoms with E-state index in [1.807, 2.05) is 6.07 Å². The molecule has 0 aliphatic heterocycles. The Morgan fingerprint density at radius 3 is 2.67 bits per heavy atom. The van der Waals surface area contributed by atoms with Gasteiger partial charge in [0, 0.05) is 27.9 Å². The third kappa shape index (κ3) is 3.19. The first-order valence-electron chi connectivity index (χ1n) is 5.94. The molecule has 0 aliphatic carbocycles. The van der Waals surface area contributed by atoms with Gasteiger partial charge >= 0.3 is 0 Å². The van der Waals surface area contributed by atoms with E-state index in [4.69, 9.17) is 4.98 Å². The molecule has 0 bridgehead atoms. The van der Waals surface area contributed by atoms with Crippen LogP contribution in [0.2, 0.25) is 0 Å². The Hall–Kier alpha value is -0.710. The number of hydrogen-bond acceptors (Lipinski definition) is 3. The quantitative estimate of drug-likeness (QED) is 0.845. The van der Waals surface area contributed by atoms with E-state index < -0.39 is 0 Å². The van der Waals surface area contributed by atoms with Crippen LogP contribution in [0.15, 0.2) is 28.7 Å². The van der Waals surface area contributed by atoms with Crippen LogP contribution in [0.1, 0.15) is 9.88 Å². The van der Waals surface area contributed by atoms with Crippen molar-refractivity contribution in [3.8, 4) is 11.3 Å². The summed E-state index contributed by atoms with van der Waals surface area (Å²) in [6.07, 6.45) is 1.02. The molecule has 18 heavy (non-hydrogen) atoms. The molecule has 0 N–H and O–H groups in total. The van der Waals surface area contributed by atoms with Gasteiger partial charge in [0.1, 0.15) is 0 Å². The second-order valence-corrected chi connectivity index (χ2v) is 6.69. The van der Waals surface area contributed by atoms with E-state index in [1.165, 1.54) is 15.4 Å². The van der Waals surface area contributed by atoms with Gasteiger partial charge in [-0.1, -0.05) is 34.1 Å². The third-order valence-corrected chi connectivity index (χ3v) is 4.46. The Morgan fingerprint density at radius 1 is 1.28 bits per heavy atom. The maximum absolute atomic E-state index is 4.77. The number of hydrogen-bond donors (Lipinski definition) is 0. The molecule has 1 aromatic heterocycles. The van der Waals surface area contributed by atoms with Crippen molar-refractivity contribution in [2.24, 2.45) is 0 Å². The second kappa shape index (κ2) is 5.95. The van der Waals surface area contributed by atoms with E-state index in [0.717, 1.165) is 23.1 Å². The molecule has 4 heteroatoms. The number of likely N-dealkylation sites (N-methyl/N-ethyl adjacent to an activating group) is 1. The number of thiazole rings is 1. The lowest BCUT2D eigenvalue weighted by atomic mass is 10.1. The van der Waals surface area contributed by atoms with Crippen LogP contribution < -0.4 is 0 Å². The van der Waals surface area contributed by atoms with Crippen LogP contribution in [0.25, 0.3) is 11.3 Å². The van der Waals surface area contributed by atoms with E-state index in [2.05, 4.69) is 60.0 Å². The predicted molar refractivity (Wildman–Crippen MR) is 82.2 cm³/mol. The smallest absolute Gasteiger partial charge is 0.0948 e. The number of halogens is 1. The van der Waals surface area contributed by atoms with E-state index in [1.54, 1.807) is 11.3 Å². The lowest BCUT2D eigenvalue weighted by Crippen LogP contribution is -2.14. The van der Waals surface area contributed by atoms with Gasteiger partial charge in [-0.15, -0.1) is 11.3 Å². The number of aryl methyl sites for hydroxylation is 1. The molecule has 2 nitrogen and oxygen atoms in total. The number of benzene rings is 1. The van der Waals surface area contributed by atoms with Gasteiger partial charge in [0.15, 0.2) is 0 Å². The molecule has 0 amide bonds. The Morgan fingerprint density at radius 2 is 2.00 bits per heavy atom. The predicted octanol–water partition coefficient (Wildman–Crippen LogP) is 3.99. The number of nitrogens with zero attached hydrogens (tertiary/aromatic N) is 2. The Kier molecular flexibility index (Phi) is 4.54. The molecule has 1 aromatic carbocycles. The summed E-state index contributed by atoms with van der Waals surface area (Å²) < 4.78 is 1.11. The zero-order valence-electron chi connectivity index (χ0n) is 10.9. The average molecular weight is 325 g/mol. The molecule has 0 saturated heterocycles. The molecule has 0 fully saturated rings. The summed E-state index contributed by atoms with van der Waals surface area (Å²) >= 11 is 5.40. The maximum atomic E-state index is 4.77. The third-order valence-electron chi connectivity index (χ3n) is 2.74. The fourth-order valence-corrected chi connectivity index (χ4v) is 3.19. The van der Waals surface area contributed by atoms with Crippen LogP contribution in [-0.4, -0.2) is 30.5 Å². The van der Waals surface area contributed by atoms with E-state index in [0.29, 0.717) is 0 Å². The molecule has 0 aliphatic rings. The van der Waals surface area contributed by atoms with E-state index in [-0.39, 0.29) is 0 Å². The van der Waals surface area contributed by atoms with Gasteiger partial charge in [-0.25, -0.2) is 4.98 Å². The van der Waals surface area contributed by atoms with Crippen LogP contribution >= 0.6 is 27.3 Å². The fourth-order valence-electron chi connectivity index (χ4n) is 1.78. The second-order valence-electron chi connectivity index (χ2n) is 4.55. The lowest BCUT2D eigenvalue weighted by molar-refractivity contribution is 0.413. The molecular weight excluding hydrogens is 308 g/mol. The Bertz CT molecular complexity index is 534. The van der Waals surface area contributed by atoms with Gasteiger partial charge in [-0.05, 0) is 27.1 Å². The standard InChI is InChI=1S/C14H17BrN2S/c1-10-14(11-6-4-5-7-12(11)15)16-13(18-10)8-9-17(2)3/h4-7H,8-9H2,1-3H3. The van der Waals surface area contributed by atoms with Crippen LogP contribution in [-0.2, 0) is 6.42 Å². The molecule has 2 rings (SSSR count). The van der Waals surface area contributed by atoms with Crippen LogP contribution in [0.4, 0.5) is 0 Å². The Labute approximate surface area is 121 Å². The molecule has 0 saturated carbocycles. The summed E-state index contributed by atoms with van der Waals surface area (Å²) in [4.78, 5) is 8.25. The van der Waals surface area contributed by atoms with Crippen LogP contribution in [0, 0.1) is 6.92 Å². The SMILES string of the molecule is Cc1sc(CCN(C)C)nc1-c1ccccc1Br. The van der Waals surface area contributed by atoms with Gasteiger partial charge in [0.25, 0.3) is 0 Å². The monoisotopic (exact) mass is 324 g/mol. The largest absolute Gasteiger partial charge is 0.309 e. The van der Waals surface area contributed by atoms with Gasteiger partial charge in [0.05, 0.1) is 10.7 Å². The zero-order valence-corrected chi connectivity index (χ0v) is 13.3. The zero-order chi connectivity index (χ0) is 13.1. The molecule has 0 unspecified atom stereocenters. The lowest BCUT2D eigenvalue weighted by Gasteiger charge is -2.06. The summed E-state index contributed by atoms with van der Waals surface area (Å²) in [7, 11) is 4.18. The van der Waals surface area contributed by atoms with E-state index >= 15 is 0 Å². The maximum Gasteiger partial charge on any atom is 0.0948 e. The minimum atomic E-state index is 1.02. The first-order valence-corrected chi connectivity index (χ1v) is 7.55. The van der Waals surface area contributed by atoms with Crippen molar-refractivity contribution in [1.29, 1.82) is 0 Å². The highest BCUT2D eigenvalue weighted by atomic mass is 79.9. The summed E-state index contributed by atoms with van der Waals surface area (Å²) in [5.41, 5.74) is 2.29. The molecule has 96 valence electrons. The fraction of sp³-hybridized carbons (Fsp3) is 0.357. The Balaban J connectivity index is 2.27. The summed E-state index contributed by atoms with van der Waals surface area (Å²) in [5.74, 6) is 0. The topological polar surface area (TPSA) is 16.1 Å². The van der Waals surface area contributed by atoms with Crippen molar-refractivity contribution in [1.82, 2.24) is 9.88 Å². The summed E-state index contributed by atoms with van der Waals surface area (Å²) in [6.45, 7) is 3.19. The molecule has 0 spiro atoms. The first-order chi connectivity index (χ1) is 8.58. The van der Waals surface area contributed by atoms with E-state index in [9.17, 15) is 0 Å². The van der Waals surface area contributed by atoms with Crippen molar-refractivity contribution < 1.29 is 0 Å².